The van der Waals surface area contributed by atoms with E-state index in [0.29, 0.717) is 17.9 Å². The van der Waals surface area contributed by atoms with Gasteiger partial charge in [-0.2, -0.15) is 5.10 Å². The van der Waals surface area contributed by atoms with Crippen molar-refractivity contribution in [2.75, 3.05) is 23.8 Å². The molecule has 0 aliphatic rings. The molecule has 1 aromatic heterocycles. The topological polar surface area (TPSA) is 93.3 Å². The molecule has 0 radical (unpaired) electrons. The third-order valence-corrected chi connectivity index (χ3v) is 4.20. The number of carbonyl (C=O) groups excluding carboxylic acids is 1. The number of amides is 1. The zero-order valence-electron chi connectivity index (χ0n) is 15.2. The summed E-state index contributed by atoms with van der Waals surface area (Å²) in [6, 6.07) is 5.69. The molecule has 1 amide bonds. The van der Waals surface area contributed by atoms with Gasteiger partial charge in [0, 0.05) is 19.8 Å². The van der Waals surface area contributed by atoms with Crippen LogP contribution in [0.25, 0.3) is 0 Å². The number of nitrogens with zero attached hydrogens (tertiary/aromatic N) is 4. The first-order valence-corrected chi connectivity index (χ1v) is 8.03. The van der Waals surface area contributed by atoms with Crippen LogP contribution in [-0.4, -0.2) is 34.2 Å². The maximum Gasteiger partial charge on any atom is 0.334 e. The highest BCUT2D eigenvalue weighted by molar-refractivity contribution is 5.95. The second-order valence-corrected chi connectivity index (χ2v) is 6.00. The molecule has 0 fully saturated rings. The second-order valence-electron chi connectivity index (χ2n) is 6.00. The fraction of sp³-hybridized carbons (Fsp3) is 0.412. The van der Waals surface area contributed by atoms with Crippen LogP contribution in [0.3, 0.4) is 0 Å². The first kappa shape index (κ1) is 18.4. The van der Waals surface area contributed by atoms with Gasteiger partial charge in [0.25, 0.3) is 0 Å². The first-order chi connectivity index (χ1) is 11.8. The van der Waals surface area contributed by atoms with Crippen LogP contribution in [0.4, 0.5) is 17.2 Å². The smallest absolute Gasteiger partial charge is 0.334 e. The average Bonchev–Trinajstić information content (AvgIpc) is 2.88. The van der Waals surface area contributed by atoms with Gasteiger partial charge in [-0.05, 0) is 37.5 Å². The highest BCUT2D eigenvalue weighted by Gasteiger charge is 2.28. The number of nitro groups is 1. The number of aryl methyl sites for hydroxylation is 3. The van der Waals surface area contributed by atoms with Crippen LogP contribution in [0.2, 0.25) is 0 Å². The van der Waals surface area contributed by atoms with Crippen LogP contribution in [0.15, 0.2) is 18.2 Å². The van der Waals surface area contributed by atoms with E-state index in [4.69, 9.17) is 0 Å². The molecule has 0 spiro atoms. The first-order valence-electron chi connectivity index (χ1n) is 8.03. The third kappa shape index (κ3) is 3.78. The maximum absolute atomic E-state index is 12.4. The Labute approximate surface area is 146 Å². The molecule has 0 bridgehead atoms. The molecule has 0 unspecified atom stereocenters. The molecule has 8 heteroatoms. The van der Waals surface area contributed by atoms with E-state index in [1.807, 2.05) is 39.0 Å². The zero-order chi connectivity index (χ0) is 18.7. The van der Waals surface area contributed by atoms with Gasteiger partial charge in [0.15, 0.2) is 0 Å². The summed E-state index contributed by atoms with van der Waals surface area (Å²) in [6.45, 7) is 5.71. The van der Waals surface area contributed by atoms with Gasteiger partial charge in [0.05, 0.1) is 11.5 Å². The van der Waals surface area contributed by atoms with Crippen LogP contribution < -0.4 is 10.2 Å². The molecule has 0 aliphatic carbocycles. The van der Waals surface area contributed by atoms with Crippen molar-refractivity contribution < 1.29 is 9.72 Å². The minimum atomic E-state index is -0.444. The number of hydrogen-bond acceptors (Lipinski definition) is 5. The van der Waals surface area contributed by atoms with Crippen LogP contribution in [0.5, 0.6) is 0 Å². The van der Waals surface area contributed by atoms with Crippen LogP contribution in [-0.2, 0) is 18.3 Å². The maximum atomic E-state index is 12.4. The molecular weight excluding hydrogens is 322 g/mol. The Morgan fingerprint density at radius 3 is 2.68 bits per heavy atom. The van der Waals surface area contributed by atoms with Crippen molar-refractivity contribution in [1.82, 2.24) is 9.78 Å². The molecule has 2 rings (SSSR count). The standard InChI is InChI=1S/C17H23N5O3/c1-6-13-16(22(24)25)17(21(5)19-13)20(4)10-15(23)18-14-9-7-8-11(2)12(14)3/h7-9H,6,10H2,1-5H3,(H,18,23). The number of anilines is 2. The minimum Gasteiger partial charge on any atom is -0.345 e. The van der Waals surface area contributed by atoms with Crippen molar-refractivity contribution >= 4 is 23.1 Å². The normalized spacial score (nSPS) is 10.6. The molecule has 0 saturated carbocycles. The van der Waals surface area contributed by atoms with Crippen molar-refractivity contribution in [2.24, 2.45) is 7.05 Å². The van der Waals surface area contributed by atoms with Crippen molar-refractivity contribution in [3.8, 4) is 0 Å². The number of rotatable bonds is 6. The van der Waals surface area contributed by atoms with Crippen LogP contribution >= 0.6 is 0 Å². The Morgan fingerprint density at radius 2 is 2.08 bits per heavy atom. The van der Waals surface area contributed by atoms with Crippen LogP contribution in [0.1, 0.15) is 23.7 Å². The van der Waals surface area contributed by atoms with Gasteiger partial charge in [0.1, 0.15) is 5.69 Å². The predicted molar refractivity (Wildman–Crippen MR) is 97.1 cm³/mol. The lowest BCUT2D eigenvalue weighted by atomic mass is 10.1. The number of hydrogen-bond donors (Lipinski definition) is 1. The number of carbonyl (C=O) groups is 1. The van der Waals surface area contributed by atoms with Gasteiger partial charge < -0.3 is 10.2 Å². The summed E-state index contributed by atoms with van der Waals surface area (Å²) in [5.74, 6) is 0.0720. The average molecular weight is 345 g/mol. The van der Waals surface area contributed by atoms with Gasteiger partial charge >= 0.3 is 5.69 Å². The Kier molecular flexibility index (Phi) is 5.41. The quantitative estimate of drug-likeness (QED) is 0.641. The molecule has 0 saturated heterocycles. The van der Waals surface area contributed by atoms with E-state index in [1.54, 1.807) is 19.0 Å². The summed E-state index contributed by atoms with van der Waals surface area (Å²) in [7, 11) is 3.28. The summed E-state index contributed by atoms with van der Waals surface area (Å²) in [5.41, 5.74) is 3.18. The lowest BCUT2D eigenvalue weighted by molar-refractivity contribution is -0.384. The molecule has 8 nitrogen and oxygen atoms in total. The van der Waals surface area contributed by atoms with Crippen molar-refractivity contribution in [1.29, 1.82) is 0 Å². The lowest BCUT2D eigenvalue weighted by Gasteiger charge is -2.18. The van der Waals surface area contributed by atoms with Crippen molar-refractivity contribution in [3.05, 3.63) is 45.1 Å². The van der Waals surface area contributed by atoms with Gasteiger partial charge in [0.2, 0.25) is 11.7 Å². The fourth-order valence-corrected chi connectivity index (χ4v) is 2.78. The summed E-state index contributed by atoms with van der Waals surface area (Å²) in [5, 5.41) is 18.5. The number of aromatic nitrogens is 2. The Balaban J connectivity index is 2.21. The number of likely N-dealkylation sites (N-methyl/N-ethyl adjacent to an activating group) is 1. The van der Waals surface area contributed by atoms with E-state index in [-0.39, 0.29) is 18.1 Å². The molecule has 25 heavy (non-hydrogen) atoms. The monoisotopic (exact) mass is 345 g/mol. The Bertz CT molecular complexity index is 813. The lowest BCUT2D eigenvalue weighted by Crippen LogP contribution is -2.32. The summed E-state index contributed by atoms with van der Waals surface area (Å²) in [6.07, 6.45) is 0.451. The summed E-state index contributed by atoms with van der Waals surface area (Å²) < 4.78 is 1.45. The molecule has 2 aromatic rings. The fourth-order valence-electron chi connectivity index (χ4n) is 2.78. The summed E-state index contributed by atoms with van der Waals surface area (Å²) >= 11 is 0. The van der Waals surface area contributed by atoms with E-state index in [2.05, 4.69) is 10.4 Å². The minimum absolute atomic E-state index is 0.0170. The SMILES string of the molecule is CCc1nn(C)c(N(C)CC(=O)Nc2cccc(C)c2C)c1[N+](=O)[O-]. The van der Waals surface area contributed by atoms with Gasteiger partial charge in [-0.3, -0.25) is 14.9 Å². The second kappa shape index (κ2) is 7.33. The molecule has 1 N–H and O–H groups in total. The van der Waals surface area contributed by atoms with Crippen molar-refractivity contribution in [3.63, 3.8) is 0 Å². The van der Waals surface area contributed by atoms with E-state index < -0.39 is 4.92 Å². The Hall–Kier alpha value is -2.90. The summed E-state index contributed by atoms with van der Waals surface area (Å²) in [4.78, 5) is 24.9. The van der Waals surface area contributed by atoms with E-state index in [0.717, 1.165) is 16.8 Å². The molecule has 134 valence electrons. The molecule has 0 aliphatic heterocycles. The van der Waals surface area contributed by atoms with E-state index in [9.17, 15) is 14.9 Å². The molecular formula is C17H23N5O3. The highest BCUT2D eigenvalue weighted by Crippen LogP contribution is 2.31. The van der Waals surface area contributed by atoms with Crippen molar-refractivity contribution in [2.45, 2.75) is 27.2 Å². The molecule has 1 heterocycles. The van der Waals surface area contributed by atoms with Crippen LogP contribution in [0, 0.1) is 24.0 Å². The van der Waals surface area contributed by atoms with Gasteiger partial charge in [-0.1, -0.05) is 19.1 Å². The Morgan fingerprint density at radius 1 is 1.40 bits per heavy atom. The zero-order valence-corrected chi connectivity index (χ0v) is 15.2. The number of nitrogens with one attached hydrogen (secondary N) is 1. The molecule has 0 atom stereocenters. The third-order valence-electron chi connectivity index (χ3n) is 4.20. The number of benzene rings is 1. The molecule has 1 aromatic carbocycles. The van der Waals surface area contributed by atoms with E-state index >= 15 is 0 Å². The van der Waals surface area contributed by atoms with E-state index in [1.165, 1.54) is 4.68 Å². The van der Waals surface area contributed by atoms with Gasteiger partial charge in [-0.25, -0.2) is 4.68 Å². The predicted octanol–water partition coefficient (Wildman–Crippen LogP) is 2.58. The van der Waals surface area contributed by atoms with Gasteiger partial charge in [-0.15, -0.1) is 0 Å². The largest absolute Gasteiger partial charge is 0.345 e. The highest BCUT2D eigenvalue weighted by atomic mass is 16.6.